The van der Waals surface area contributed by atoms with Gasteiger partial charge in [0, 0.05) is 23.5 Å². The molecular weight excluding hydrogens is 320 g/mol. The lowest BCUT2D eigenvalue weighted by molar-refractivity contribution is -0.151. The Morgan fingerprint density at radius 3 is 2.80 bits per heavy atom. The van der Waals surface area contributed by atoms with E-state index in [1.807, 2.05) is 24.3 Å². The van der Waals surface area contributed by atoms with Crippen LogP contribution in [-0.4, -0.2) is 34.2 Å². The highest BCUT2D eigenvalue weighted by Gasteiger charge is 2.31. The van der Waals surface area contributed by atoms with Crippen LogP contribution in [-0.2, 0) is 27.3 Å². The van der Waals surface area contributed by atoms with E-state index in [2.05, 4.69) is 9.98 Å². The highest BCUT2D eigenvalue weighted by molar-refractivity contribution is 6.15. The molecule has 0 radical (unpaired) electrons. The van der Waals surface area contributed by atoms with E-state index < -0.39 is 12.7 Å². The first-order valence-electron chi connectivity index (χ1n) is 8.08. The van der Waals surface area contributed by atoms with Crippen LogP contribution in [0.15, 0.2) is 41.7 Å². The molecule has 0 aliphatic carbocycles. The van der Waals surface area contributed by atoms with E-state index in [1.165, 1.54) is 0 Å². The fraction of sp³-hybridized carbons (Fsp3) is 0.263. The Balaban J connectivity index is 1.76. The lowest BCUT2D eigenvalue weighted by atomic mass is 9.88. The van der Waals surface area contributed by atoms with Crippen LogP contribution in [0.2, 0.25) is 0 Å². The van der Waals surface area contributed by atoms with Crippen molar-refractivity contribution in [1.29, 1.82) is 0 Å². The number of cyclic esters (lactones) is 1. The topological polar surface area (TPSA) is 88.9 Å². The van der Waals surface area contributed by atoms with Gasteiger partial charge in [-0.25, -0.2) is 0 Å². The van der Waals surface area contributed by atoms with Gasteiger partial charge in [0.2, 0.25) is 0 Å². The van der Waals surface area contributed by atoms with Gasteiger partial charge in [-0.3, -0.25) is 19.6 Å². The number of pyridine rings is 1. The van der Waals surface area contributed by atoms with Crippen molar-refractivity contribution in [2.24, 2.45) is 4.99 Å². The SMILES string of the molecule is O=C(CO)CC1OC(=O)Cc2cc3c(cc21)C(c1ccncc1)=NC3. The Bertz CT molecular complexity index is 890. The largest absolute Gasteiger partial charge is 0.457 e. The maximum Gasteiger partial charge on any atom is 0.310 e. The van der Waals surface area contributed by atoms with E-state index in [9.17, 15) is 9.59 Å². The predicted octanol–water partition coefficient (Wildman–Crippen LogP) is 1.52. The molecule has 2 aliphatic rings. The van der Waals surface area contributed by atoms with Gasteiger partial charge in [0.05, 0.1) is 25.1 Å². The molecule has 25 heavy (non-hydrogen) atoms. The summed E-state index contributed by atoms with van der Waals surface area (Å²) in [6.45, 7) is 0.00754. The molecule has 1 aromatic carbocycles. The van der Waals surface area contributed by atoms with Gasteiger partial charge in [0.25, 0.3) is 0 Å². The van der Waals surface area contributed by atoms with Crippen LogP contribution in [0.3, 0.4) is 0 Å². The molecule has 2 aromatic rings. The number of hydrogen-bond donors (Lipinski definition) is 1. The number of aliphatic imine (C=N–C) groups is 1. The first kappa shape index (κ1) is 15.7. The summed E-state index contributed by atoms with van der Waals surface area (Å²) in [5.74, 6) is -0.703. The average Bonchev–Trinajstić information content (AvgIpc) is 3.03. The van der Waals surface area contributed by atoms with Gasteiger partial charge >= 0.3 is 5.97 Å². The number of benzene rings is 1. The Morgan fingerprint density at radius 2 is 2.04 bits per heavy atom. The number of Topliss-reactive ketones (excluding diaryl/α,β-unsaturated/α-hetero) is 1. The van der Waals surface area contributed by atoms with Crippen LogP contribution in [0.4, 0.5) is 0 Å². The van der Waals surface area contributed by atoms with Crippen LogP contribution in [0, 0.1) is 0 Å². The zero-order valence-corrected chi connectivity index (χ0v) is 13.4. The summed E-state index contributed by atoms with van der Waals surface area (Å²) in [4.78, 5) is 32.2. The van der Waals surface area contributed by atoms with Crippen molar-refractivity contribution in [2.45, 2.75) is 25.5 Å². The van der Waals surface area contributed by atoms with Gasteiger partial charge in [0.1, 0.15) is 12.7 Å². The van der Waals surface area contributed by atoms with Crippen LogP contribution in [0.1, 0.15) is 40.3 Å². The molecule has 0 amide bonds. The molecule has 4 rings (SSSR count). The minimum atomic E-state index is -0.652. The van der Waals surface area contributed by atoms with Gasteiger partial charge in [-0.2, -0.15) is 0 Å². The summed E-state index contributed by atoms with van der Waals surface area (Å²) < 4.78 is 5.37. The van der Waals surface area contributed by atoms with Crippen LogP contribution in [0.25, 0.3) is 0 Å². The zero-order valence-electron chi connectivity index (χ0n) is 13.4. The first-order valence-corrected chi connectivity index (χ1v) is 8.08. The quantitative estimate of drug-likeness (QED) is 0.855. The maximum atomic E-state index is 11.9. The zero-order chi connectivity index (χ0) is 17.4. The smallest absolute Gasteiger partial charge is 0.310 e. The summed E-state index contributed by atoms with van der Waals surface area (Å²) in [6.07, 6.45) is 2.96. The third kappa shape index (κ3) is 2.85. The number of aliphatic hydroxyl groups is 1. The molecule has 2 aliphatic heterocycles. The van der Waals surface area contributed by atoms with Crippen molar-refractivity contribution >= 4 is 17.5 Å². The van der Waals surface area contributed by atoms with Crippen molar-refractivity contribution in [3.8, 4) is 0 Å². The van der Waals surface area contributed by atoms with E-state index >= 15 is 0 Å². The molecule has 1 unspecified atom stereocenters. The number of rotatable bonds is 4. The number of fused-ring (bicyclic) bond motifs is 2. The number of ketones is 1. The van der Waals surface area contributed by atoms with Crippen LogP contribution < -0.4 is 0 Å². The summed E-state index contributed by atoms with van der Waals surface area (Å²) in [5.41, 5.74) is 5.60. The second-order valence-corrected chi connectivity index (χ2v) is 6.17. The molecule has 6 nitrogen and oxygen atoms in total. The molecule has 1 atom stereocenters. The van der Waals surface area contributed by atoms with Crippen molar-refractivity contribution in [3.05, 3.63) is 64.5 Å². The van der Waals surface area contributed by atoms with Crippen molar-refractivity contribution < 1.29 is 19.4 Å². The summed E-state index contributed by atoms with van der Waals surface area (Å²) in [6, 6.07) is 7.76. The van der Waals surface area contributed by atoms with E-state index in [1.54, 1.807) is 12.4 Å². The fourth-order valence-corrected chi connectivity index (χ4v) is 3.36. The summed E-state index contributed by atoms with van der Waals surface area (Å²) in [5, 5.41) is 9.01. The number of aliphatic hydroxyl groups excluding tert-OH is 1. The Morgan fingerprint density at radius 1 is 1.24 bits per heavy atom. The van der Waals surface area contributed by atoms with E-state index in [0.29, 0.717) is 6.54 Å². The Kier molecular flexibility index (Phi) is 3.89. The number of aromatic nitrogens is 1. The number of hydrogen-bond acceptors (Lipinski definition) is 6. The molecule has 126 valence electrons. The molecular formula is C19H16N2O4. The van der Waals surface area contributed by atoms with E-state index in [0.717, 1.165) is 33.5 Å². The number of ether oxygens (including phenoxy) is 1. The predicted molar refractivity (Wildman–Crippen MR) is 89.3 cm³/mol. The summed E-state index contributed by atoms with van der Waals surface area (Å²) in [7, 11) is 0. The standard InChI is InChI=1S/C19H16N2O4/c22-10-14(23)7-17-15-8-16-13(5-12(15)6-18(24)25-17)9-21-19(16)11-1-3-20-4-2-11/h1-5,8,17,22H,6-7,9-10H2. The minimum absolute atomic E-state index is 0.0181. The van der Waals surface area contributed by atoms with Gasteiger partial charge in [-0.05, 0) is 34.9 Å². The Labute approximate surface area is 144 Å². The monoisotopic (exact) mass is 336 g/mol. The van der Waals surface area contributed by atoms with E-state index in [4.69, 9.17) is 9.84 Å². The highest BCUT2D eigenvalue weighted by atomic mass is 16.5. The molecule has 0 bridgehead atoms. The normalized spacial score (nSPS) is 18.2. The number of nitrogens with zero attached hydrogens (tertiary/aromatic N) is 2. The molecule has 0 saturated carbocycles. The second-order valence-electron chi connectivity index (χ2n) is 6.17. The number of carbonyl (C=O) groups excluding carboxylic acids is 2. The van der Waals surface area contributed by atoms with Crippen molar-refractivity contribution in [3.63, 3.8) is 0 Å². The lowest BCUT2D eigenvalue weighted by Crippen LogP contribution is -2.25. The van der Waals surface area contributed by atoms with Crippen molar-refractivity contribution in [2.75, 3.05) is 6.61 Å². The minimum Gasteiger partial charge on any atom is -0.457 e. The van der Waals surface area contributed by atoms with Gasteiger partial charge < -0.3 is 9.84 Å². The Hall–Kier alpha value is -2.86. The highest BCUT2D eigenvalue weighted by Crippen LogP contribution is 2.35. The third-order valence-electron chi connectivity index (χ3n) is 4.53. The number of carbonyl (C=O) groups is 2. The van der Waals surface area contributed by atoms with Gasteiger partial charge in [0.15, 0.2) is 5.78 Å². The van der Waals surface area contributed by atoms with E-state index in [-0.39, 0.29) is 24.6 Å². The second kappa shape index (κ2) is 6.22. The van der Waals surface area contributed by atoms with Gasteiger partial charge in [-0.1, -0.05) is 6.07 Å². The van der Waals surface area contributed by atoms with Gasteiger partial charge in [-0.15, -0.1) is 0 Å². The average molecular weight is 336 g/mol. The van der Waals surface area contributed by atoms with Crippen molar-refractivity contribution in [1.82, 2.24) is 4.98 Å². The third-order valence-corrected chi connectivity index (χ3v) is 4.53. The van der Waals surface area contributed by atoms with Crippen LogP contribution >= 0.6 is 0 Å². The molecule has 1 N–H and O–H groups in total. The lowest BCUT2D eigenvalue weighted by Gasteiger charge is -2.26. The maximum absolute atomic E-state index is 11.9. The first-order chi connectivity index (χ1) is 12.2. The fourth-order valence-electron chi connectivity index (χ4n) is 3.36. The summed E-state index contributed by atoms with van der Waals surface area (Å²) >= 11 is 0. The van der Waals surface area contributed by atoms with Crippen LogP contribution in [0.5, 0.6) is 0 Å². The number of esters is 1. The molecule has 3 heterocycles. The molecule has 0 fully saturated rings. The molecule has 0 saturated heterocycles. The molecule has 1 aromatic heterocycles. The molecule has 0 spiro atoms. The molecule has 6 heteroatoms.